The highest BCUT2D eigenvalue weighted by molar-refractivity contribution is 5.73. The average molecular weight is 128 g/mol. The molecule has 0 aliphatic carbocycles. The molecule has 1 aliphatic heterocycles. The Labute approximate surface area is 52.8 Å². The van der Waals surface area contributed by atoms with Gasteiger partial charge in [0, 0.05) is 6.54 Å². The molecule has 0 saturated heterocycles. The van der Waals surface area contributed by atoms with E-state index in [1.165, 1.54) is 0 Å². The van der Waals surface area contributed by atoms with Crippen molar-refractivity contribution in [3.05, 3.63) is 0 Å². The summed E-state index contributed by atoms with van der Waals surface area (Å²) in [5.41, 5.74) is 0. The zero-order valence-corrected chi connectivity index (χ0v) is 4.95. The number of carboxylic acid groups (broad SMARTS) is 1. The molecule has 4 heteroatoms. The van der Waals surface area contributed by atoms with E-state index in [4.69, 9.17) is 5.11 Å². The van der Waals surface area contributed by atoms with Gasteiger partial charge in [0.1, 0.15) is 6.54 Å². The lowest BCUT2D eigenvalue weighted by molar-refractivity contribution is -0.137. The molecule has 1 aliphatic rings. The number of hydrogen-bond acceptors (Lipinski definition) is 3. The van der Waals surface area contributed by atoms with Crippen LogP contribution < -0.4 is 0 Å². The van der Waals surface area contributed by atoms with E-state index in [9.17, 15) is 4.79 Å². The van der Waals surface area contributed by atoms with Gasteiger partial charge >= 0.3 is 5.97 Å². The van der Waals surface area contributed by atoms with Gasteiger partial charge < -0.3 is 10.0 Å². The normalized spacial score (nSPS) is 16.7. The van der Waals surface area contributed by atoms with Crippen LogP contribution in [0.4, 0.5) is 0 Å². The summed E-state index contributed by atoms with van der Waals surface area (Å²) >= 11 is 0. The third-order valence-electron chi connectivity index (χ3n) is 1.10. The second-order valence-corrected chi connectivity index (χ2v) is 1.89. The summed E-state index contributed by atoms with van der Waals surface area (Å²) in [4.78, 5) is 15.6. The molecule has 0 aromatic carbocycles. The minimum Gasteiger partial charge on any atom is -0.480 e. The molecule has 1 N–H and O–H groups in total. The standard InChI is InChI=1S/C5H8N2O2/c8-5(9)3-7-2-1-6-4-7/h4H,1-3H2,(H,8,9). The first-order valence-electron chi connectivity index (χ1n) is 2.75. The molecular formula is C5H8N2O2. The Morgan fingerprint density at radius 1 is 1.89 bits per heavy atom. The molecule has 0 bridgehead atoms. The van der Waals surface area contributed by atoms with Gasteiger partial charge in [0.25, 0.3) is 0 Å². The summed E-state index contributed by atoms with van der Waals surface area (Å²) in [7, 11) is 0. The van der Waals surface area contributed by atoms with Gasteiger partial charge in [0.15, 0.2) is 0 Å². The lowest BCUT2D eigenvalue weighted by Gasteiger charge is -2.08. The number of rotatable bonds is 2. The fourth-order valence-corrected chi connectivity index (χ4v) is 0.711. The van der Waals surface area contributed by atoms with Gasteiger partial charge in [-0.15, -0.1) is 0 Å². The van der Waals surface area contributed by atoms with Gasteiger partial charge in [0.05, 0.1) is 12.9 Å². The first-order chi connectivity index (χ1) is 4.29. The summed E-state index contributed by atoms with van der Waals surface area (Å²) in [6.45, 7) is 1.54. The first kappa shape index (κ1) is 6.07. The molecule has 0 aromatic heterocycles. The highest BCUT2D eigenvalue weighted by atomic mass is 16.4. The number of nitrogens with zero attached hydrogens (tertiary/aromatic N) is 2. The van der Waals surface area contributed by atoms with Crippen LogP contribution in [0.2, 0.25) is 0 Å². The molecule has 50 valence electrons. The van der Waals surface area contributed by atoms with E-state index in [0.717, 1.165) is 13.1 Å². The fraction of sp³-hybridized carbons (Fsp3) is 0.600. The van der Waals surface area contributed by atoms with Gasteiger partial charge in [0.2, 0.25) is 0 Å². The molecule has 0 aromatic rings. The van der Waals surface area contributed by atoms with Gasteiger partial charge in [-0.05, 0) is 0 Å². The minimum absolute atomic E-state index is 0.0729. The van der Waals surface area contributed by atoms with Gasteiger partial charge in [-0.1, -0.05) is 0 Å². The Hall–Kier alpha value is -1.06. The van der Waals surface area contributed by atoms with E-state index in [0.29, 0.717) is 0 Å². The van der Waals surface area contributed by atoms with Crippen LogP contribution in [0.15, 0.2) is 4.99 Å². The maximum absolute atomic E-state index is 10.1. The Kier molecular flexibility index (Phi) is 1.67. The third-order valence-corrected chi connectivity index (χ3v) is 1.10. The van der Waals surface area contributed by atoms with Crippen LogP contribution in [0.25, 0.3) is 0 Å². The van der Waals surface area contributed by atoms with Gasteiger partial charge in [-0.3, -0.25) is 9.79 Å². The van der Waals surface area contributed by atoms with Crippen molar-refractivity contribution >= 4 is 12.3 Å². The predicted molar refractivity (Wildman–Crippen MR) is 32.6 cm³/mol. The molecule has 0 atom stereocenters. The number of carbonyl (C=O) groups is 1. The highest BCUT2D eigenvalue weighted by Gasteiger charge is 2.07. The molecule has 9 heavy (non-hydrogen) atoms. The SMILES string of the molecule is O=C(O)CN1C=NCC1. The van der Waals surface area contributed by atoms with Crippen molar-refractivity contribution in [3.63, 3.8) is 0 Å². The highest BCUT2D eigenvalue weighted by Crippen LogP contribution is 1.90. The van der Waals surface area contributed by atoms with Crippen molar-refractivity contribution in [2.45, 2.75) is 0 Å². The summed E-state index contributed by atoms with van der Waals surface area (Å²) < 4.78 is 0. The number of hydrogen-bond donors (Lipinski definition) is 1. The van der Waals surface area contributed by atoms with Crippen LogP contribution in [-0.2, 0) is 4.79 Å². The number of aliphatic carboxylic acids is 1. The molecule has 0 amide bonds. The molecule has 1 rings (SSSR count). The summed E-state index contributed by atoms with van der Waals surface area (Å²) in [5.74, 6) is -0.802. The number of carboxylic acids is 1. The molecule has 1 heterocycles. The van der Waals surface area contributed by atoms with Gasteiger partial charge in [-0.2, -0.15) is 0 Å². The van der Waals surface area contributed by atoms with Crippen LogP contribution in [0.1, 0.15) is 0 Å². The van der Waals surface area contributed by atoms with E-state index in [2.05, 4.69) is 4.99 Å². The van der Waals surface area contributed by atoms with E-state index >= 15 is 0 Å². The average Bonchev–Trinajstić information content (AvgIpc) is 2.15. The molecule has 4 nitrogen and oxygen atoms in total. The van der Waals surface area contributed by atoms with E-state index in [1.807, 2.05) is 0 Å². The summed E-state index contributed by atoms with van der Waals surface area (Å²) in [6.07, 6.45) is 1.58. The predicted octanol–water partition coefficient (Wildman–Crippen LogP) is -0.585. The molecule has 0 radical (unpaired) electrons. The van der Waals surface area contributed by atoms with Crippen LogP contribution in [-0.4, -0.2) is 41.9 Å². The molecular weight excluding hydrogens is 120 g/mol. The smallest absolute Gasteiger partial charge is 0.323 e. The van der Waals surface area contributed by atoms with E-state index in [-0.39, 0.29) is 6.54 Å². The molecule has 0 unspecified atom stereocenters. The maximum Gasteiger partial charge on any atom is 0.323 e. The lowest BCUT2D eigenvalue weighted by Crippen LogP contribution is -2.26. The lowest BCUT2D eigenvalue weighted by atomic mass is 10.5. The summed E-state index contributed by atoms with van der Waals surface area (Å²) in [5, 5.41) is 8.27. The molecule has 0 spiro atoms. The second kappa shape index (κ2) is 2.48. The monoisotopic (exact) mass is 128 g/mol. The van der Waals surface area contributed by atoms with Crippen LogP contribution in [0.3, 0.4) is 0 Å². The quantitative estimate of drug-likeness (QED) is 0.541. The van der Waals surface area contributed by atoms with Crippen LogP contribution in [0.5, 0.6) is 0 Å². The Morgan fingerprint density at radius 3 is 3.11 bits per heavy atom. The van der Waals surface area contributed by atoms with Crippen LogP contribution >= 0.6 is 0 Å². The topological polar surface area (TPSA) is 52.9 Å². The third kappa shape index (κ3) is 1.71. The second-order valence-electron chi connectivity index (χ2n) is 1.89. The van der Waals surface area contributed by atoms with Crippen molar-refractivity contribution in [2.24, 2.45) is 4.99 Å². The van der Waals surface area contributed by atoms with Crippen molar-refractivity contribution in [3.8, 4) is 0 Å². The van der Waals surface area contributed by atoms with Crippen molar-refractivity contribution in [1.82, 2.24) is 4.90 Å². The largest absolute Gasteiger partial charge is 0.480 e. The van der Waals surface area contributed by atoms with Crippen molar-refractivity contribution in [2.75, 3.05) is 19.6 Å². The Balaban J connectivity index is 2.28. The van der Waals surface area contributed by atoms with E-state index in [1.54, 1.807) is 11.2 Å². The zero-order valence-electron chi connectivity index (χ0n) is 4.95. The molecule has 0 fully saturated rings. The summed E-state index contributed by atoms with van der Waals surface area (Å²) in [6, 6.07) is 0. The maximum atomic E-state index is 10.1. The van der Waals surface area contributed by atoms with Crippen molar-refractivity contribution in [1.29, 1.82) is 0 Å². The minimum atomic E-state index is -0.802. The zero-order chi connectivity index (χ0) is 6.69. The Bertz CT molecular complexity index is 144. The van der Waals surface area contributed by atoms with Gasteiger partial charge in [-0.25, -0.2) is 0 Å². The van der Waals surface area contributed by atoms with Crippen LogP contribution in [0, 0.1) is 0 Å². The van der Waals surface area contributed by atoms with E-state index < -0.39 is 5.97 Å². The first-order valence-corrected chi connectivity index (χ1v) is 2.75. The van der Waals surface area contributed by atoms with Crippen molar-refractivity contribution < 1.29 is 9.90 Å². The fourth-order valence-electron chi connectivity index (χ4n) is 0.711. The molecule has 0 saturated carbocycles. The Morgan fingerprint density at radius 2 is 2.67 bits per heavy atom. The number of aliphatic imine (C=N–C) groups is 1.